The van der Waals surface area contributed by atoms with Gasteiger partial charge in [0.05, 0.1) is 0 Å². The number of hydrogen-bond acceptors (Lipinski definition) is 4. The molecule has 2 heterocycles. The Balaban J connectivity index is 2.36. The number of nitrogens with zero attached hydrogens (tertiary/aromatic N) is 2. The maximum atomic E-state index is 11.5. The van der Waals surface area contributed by atoms with E-state index < -0.39 is 12.0 Å². The lowest BCUT2D eigenvalue weighted by Gasteiger charge is -2.33. The van der Waals surface area contributed by atoms with Crippen molar-refractivity contribution in [1.82, 2.24) is 9.97 Å². The number of aromatic amines is 1. The number of aromatic nitrogens is 2. The van der Waals surface area contributed by atoms with Crippen LogP contribution in [0.15, 0.2) is 10.9 Å². The smallest absolute Gasteiger partial charge is 0.326 e. The van der Waals surface area contributed by atoms with Crippen LogP contribution in [0.25, 0.3) is 0 Å². The first-order valence-electron chi connectivity index (χ1n) is 6.21. The van der Waals surface area contributed by atoms with Gasteiger partial charge in [0.1, 0.15) is 17.7 Å². The van der Waals surface area contributed by atoms with Crippen LogP contribution in [0, 0.1) is 0 Å². The predicted molar refractivity (Wildman–Crippen MR) is 66.9 cm³/mol. The summed E-state index contributed by atoms with van der Waals surface area (Å²) < 4.78 is 0. The van der Waals surface area contributed by atoms with Gasteiger partial charge < -0.3 is 15.0 Å². The molecule has 1 atom stereocenters. The maximum absolute atomic E-state index is 11.5. The molecule has 2 rings (SSSR count). The monoisotopic (exact) mass is 251 g/mol. The van der Waals surface area contributed by atoms with E-state index in [0.29, 0.717) is 31.0 Å². The summed E-state index contributed by atoms with van der Waals surface area (Å²) in [6.45, 7) is 2.53. The van der Waals surface area contributed by atoms with E-state index >= 15 is 0 Å². The number of anilines is 1. The van der Waals surface area contributed by atoms with Gasteiger partial charge in [-0.25, -0.2) is 9.78 Å². The van der Waals surface area contributed by atoms with Crippen molar-refractivity contribution in [2.45, 2.75) is 38.6 Å². The van der Waals surface area contributed by atoms with Crippen LogP contribution in [0.2, 0.25) is 0 Å². The second-order valence-corrected chi connectivity index (χ2v) is 4.45. The fourth-order valence-electron chi connectivity index (χ4n) is 2.27. The van der Waals surface area contributed by atoms with Gasteiger partial charge in [0.25, 0.3) is 5.56 Å². The summed E-state index contributed by atoms with van der Waals surface area (Å²) in [4.78, 5) is 31.4. The lowest BCUT2D eigenvalue weighted by molar-refractivity contribution is -0.139. The number of rotatable bonds is 3. The molecule has 0 radical (unpaired) electrons. The van der Waals surface area contributed by atoms with E-state index in [0.717, 1.165) is 12.8 Å². The lowest BCUT2D eigenvalue weighted by Crippen LogP contribution is -2.45. The van der Waals surface area contributed by atoms with Crippen molar-refractivity contribution in [1.29, 1.82) is 0 Å². The first-order valence-corrected chi connectivity index (χ1v) is 6.21. The maximum Gasteiger partial charge on any atom is 0.326 e. The summed E-state index contributed by atoms with van der Waals surface area (Å²) in [6, 6.07) is 0.804. The van der Waals surface area contributed by atoms with Crippen molar-refractivity contribution < 1.29 is 9.90 Å². The second kappa shape index (κ2) is 5.20. The molecule has 6 nitrogen and oxygen atoms in total. The number of carboxylic acids is 1. The second-order valence-electron chi connectivity index (χ2n) is 4.45. The topological polar surface area (TPSA) is 86.3 Å². The van der Waals surface area contributed by atoms with Crippen LogP contribution in [0.3, 0.4) is 0 Å². The average Bonchev–Trinajstić information content (AvgIpc) is 2.38. The molecule has 18 heavy (non-hydrogen) atoms. The molecule has 0 amide bonds. The number of aryl methyl sites for hydroxylation is 1. The van der Waals surface area contributed by atoms with Gasteiger partial charge in [0.2, 0.25) is 0 Å². The molecule has 98 valence electrons. The standard InChI is InChI=1S/C12H17N3O3/c1-2-9-13-10(7-11(16)14-9)15-6-4-3-5-8(15)12(17)18/h7-8H,2-6H2,1H3,(H,17,18)(H,13,14,16). The molecule has 1 aromatic heterocycles. The first-order chi connectivity index (χ1) is 8.61. The highest BCUT2D eigenvalue weighted by Crippen LogP contribution is 2.22. The molecule has 0 aliphatic carbocycles. The molecule has 0 saturated carbocycles. The van der Waals surface area contributed by atoms with Gasteiger partial charge in [-0.1, -0.05) is 6.92 Å². The Morgan fingerprint density at radius 1 is 1.61 bits per heavy atom. The van der Waals surface area contributed by atoms with E-state index in [4.69, 9.17) is 0 Å². The lowest BCUT2D eigenvalue weighted by atomic mass is 10.0. The summed E-state index contributed by atoms with van der Waals surface area (Å²) in [7, 11) is 0. The molecule has 0 aromatic carbocycles. The number of piperidine rings is 1. The molecule has 1 aliphatic rings. The molecule has 0 bridgehead atoms. The zero-order chi connectivity index (χ0) is 13.1. The van der Waals surface area contributed by atoms with Crippen molar-refractivity contribution in [2.75, 3.05) is 11.4 Å². The van der Waals surface area contributed by atoms with E-state index in [2.05, 4.69) is 9.97 Å². The van der Waals surface area contributed by atoms with Gasteiger partial charge in [0.15, 0.2) is 0 Å². The molecule has 2 N–H and O–H groups in total. The third-order valence-corrected chi connectivity index (χ3v) is 3.19. The minimum atomic E-state index is -0.852. The quantitative estimate of drug-likeness (QED) is 0.829. The molecule has 1 aliphatic heterocycles. The Hall–Kier alpha value is -1.85. The van der Waals surface area contributed by atoms with Crippen LogP contribution < -0.4 is 10.5 Å². The van der Waals surface area contributed by atoms with Crippen LogP contribution in [-0.2, 0) is 11.2 Å². The molecule has 1 fully saturated rings. The Labute approximate surface area is 105 Å². The molecular weight excluding hydrogens is 234 g/mol. The van der Waals surface area contributed by atoms with Gasteiger partial charge in [0, 0.05) is 19.0 Å². The summed E-state index contributed by atoms with van der Waals surface area (Å²) >= 11 is 0. The number of nitrogens with one attached hydrogen (secondary N) is 1. The van der Waals surface area contributed by atoms with Crippen LogP contribution in [0.5, 0.6) is 0 Å². The van der Waals surface area contributed by atoms with E-state index in [9.17, 15) is 14.7 Å². The molecular formula is C12H17N3O3. The summed E-state index contributed by atoms with van der Waals surface area (Å²) in [5.41, 5.74) is -0.230. The summed E-state index contributed by atoms with van der Waals surface area (Å²) in [5.74, 6) is 0.213. The summed E-state index contributed by atoms with van der Waals surface area (Å²) in [5, 5.41) is 9.21. The van der Waals surface area contributed by atoms with Gasteiger partial charge in [-0.3, -0.25) is 4.79 Å². The zero-order valence-corrected chi connectivity index (χ0v) is 10.3. The summed E-state index contributed by atoms with van der Waals surface area (Å²) in [6.07, 6.45) is 3.05. The SMILES string of the molecule is CCc1nc(N2CCCCC2C(=O)O)cc(=O)[nH]1. The van der Waals surface area contributed by atoms with Gasteiger partial charge in [-0.2, -0.15) is 0 Å². The van der Waals surface area contributed by atoms with Crippen LogP contribution in [0.1, 0.15) is 32.0 Å². The normalized spacial score (nSPS) is 19.8. The van der Waals surface area contributed by atoms with Gasteiger partial charge in [-0.15, -0.1) is 0 Å². The van der Waals surface area contributed by atoms with Crippen molar-refractivity contribution in [3.05, 3.63) is 22.2 Å². The number of H-pyrrole nitrogens is 1. The van der Waals surface area contributed by atoms with Crippen molar-refractivity contribution >= 4 is 11.8 Å². The fraction of sp³-hybridized carbons (Fsp3) is 0.583. The largest absolute Gasteiger partial charge is 0.480 e. The number of hydrogen-bond donors (Lipinski definition) is 2. The highest BCUT2D eigenvalue weighted by Gasteiger charge is 2.29. The third kappa shape index (κ3) is 2.52. The Morgan fingerprint density at radius 3 is 3.06 bits per heavy atom. The number of carboxylic acid groups (broad SMARTS) is 1. The molecule has 1 aromatic rings. The minimum Gasteiger partial charge on any atom is -0.480 e. The zero-order valence-electron chi connectivity index (χ0n) is 10.3. The van der Waals surface area contributed by atoms with Crippen LogP contribution >= 0.6 is 0 Å². The number of aliphatic carboxylic acids is 1. The Morgan fingerprint density at radius 2 is 2.39 bits per heavy atom. The van der Waals surface area contributed by atoms with Gasteiger partial charge in [-0.05, 0) is 19.3 Å². The molecule has 0 spiro atoms. The van der Waals surface area contributed by atoms with Gasteiger partial charge >= 0.3 is 5.97 Å². The fourth-order valence-corrected chi connectivity index (χ4v) is 2.27. The van der Waals surface area contributed by atoms with E-state index in [1.54, 1.807) is 4.90 Å². The van der Waals surface area contributed by atoms with Crippen molar-refractivity contribution in [3.63, 3.8) is 0 Å². The van der Waals surface area contributed by atoms with E-state index in [1.807, 2.05) is 6.92 Å². The Bertz CT molecular complexity index is 498. The highest BCUT2D eigenvalue weighted by atomic mass is 16.4. The van der Waals surface area contributed by atoms with Crippen molar-refractivity contribution in [3.8, 4) is 0 Å². The predicted octanol–water partition coefficient (Wildman–Crippen LogP) is 0.776. The van der Waals surface area contributed by atoms with Crippen LogP contribution in [-0.4, -0.2) is 33.6 Å². The average molecular weight is 251 g/mol. The highest BCUT2D eigenvalue weighted by molar-refractivity contribution is 5.77. The number of carbonyl (C=O) groups is 1. The van der Waals surface area contributed by atoms with E-state index in [1.165, 1.54) is 6.07 Å². The first kappa shape index (κ1) is 12.6. The molecule has 1 unspecified atom stereocenters. The van der Waals surface area contributed by atoms with E-state index in [-0.39, 0.29) is 5.56 Å². The van der Waals surface area contributed by atoms with Crippen LogP contribution in [0.4, 0.5) is 5.82 Å². The van der Waals surface area contributed by atoms with Crippen molar-refractivity contribution in [2.24, 2.45) is 0 Å². The third-order valence-electron chi connectivity index (χ3n) is 3.19. The molecule has 1 saturated heterocycles. The minimum absolute atomic E-state index is 0.230. The molecule has 6 heteroatoms. The Kier molecular flexibility index (Phi) is 3.64.